The van der Waals surface area contributed by atoms with E-state index in [1.807, 2.05) is 0 Å². The van der Waals surface area contributed by atoms with E-state index in [-0.39, 0.29) is 17.8 Å². The molecule has 2 heterocycles. The second-order valence-corrected chi connectivity index (χ2v) is 8.62. The molecular formula is C17H25Cl2NO7. The lowest BCUT2D eigenvalue weighted by Crippen LogP contribution is -2.72. The van der Waals surface area contributed by atoms with Gasteiger partial charge in [-0.3, -0.25) is 0 Å². The van der Waals surface area contributed by atoms with Crippen LogP contribution in [0.15, 0.2) is 11.3 Å². The smallest absolute Gasteiger partial charge is 0.338 e. The van der Waals surface area contributed by atoms with Gasteiger partial charge in [0.05, 0.1) is 23.8 Å². The SMILES string of the molecule is CO[C@@]1(C)O[C@@H]2[C@@H]3C(=C(O)C[C@H]2O[C@]1(C)OC)C(=O)O[C@](C)(C(Cl)Cl)[C@@H]3N. The van der Waals surface area contributed by atoms with Gasteiger partial charge in [0.1, 0.15) is 10.6 Å². The minimum Gasteiger partial charge on any atom is -0.512 e. The predicted octanol–water partition coefficient (Wildman–Crippen LogP) is 1.77. The van der Waals surface area contributed by atoms with Gasteiger partial charge in [0, 0.05) is 26.6 Å². The molecule has 8 nitrogen and oxygen atoms in total. The molecule has 2 aliphatic heterocycles. The molecule has 0 aromatic rings. The van der Waals surface area contributed by atoms with Crippen LogP contribution in [0.3, 0.4) is 0 Å². The molecule has 0 unspecified atom stereocenters. The summed E-state index contributed by atoms with van der Waals surface area (Å²) in [6.07, 6.45) is -1.30. The third kappa shape index (κ3) is 2.88. The summed E-state index contributed by atoms with van der Waals surface area (Å²) in [5.74, 6) is -4.18. The average molecular weight is 426 g/mol. The minimum atomic E-state index is -1.37. The molecule has 2 fully saturated rings. The van der Waals surface area contributed by atoms with E-state index >= 15 is 0 Å². The van der Waals surface area contributed by atoms with Crippen LogP contribution in [0.1, 0.15) is 27.2 Å². The fourth-order valence-electron chi connectivity index (χ4n) is 4.00. The Morgan fingerprint density at radius 1 is 1.19 bits per heavy atom. The zero-order valence-electron chi connectivity index (χ0n) is 15.8. The number of esters is 1. The van der Waals surface area contributed by atoms with Crippen molar-refractivity contribution in [1.82, 2.24) is 0 Å². The zero-order chi connectivity index (χ0) is 20.4. The van der Waals surface area contributed by atoms with Gasteiger partial charge in [0.25, 0.3) is 0 Å². The van der Waals surface area contributed by atoms with Gasteiger partial charge < -0.3 is 34.5 Å². The molecule has 3 aliphatic rings. The van der Waals surface area contributed by atoms with Crippen molar-refractivity contribution in [1.29, 1.82) is 0 Å². The van der Waals surface area contributed by atoms with E-state index in [1.165, 1.54) is 14.2 Å². The van der Waals surface area contributed by atoms with Crippen molar-refractivity contribution in [2.24, 2.45) is 11.7 Å². The van der Waals surface area contributed by atoms with Crippen molar-refractivity contribution in [2.45, 2.75) is 67.5 Å². The molecule has 0 spiro atoms. The summed E-state index contributed by atoms with van der Waals surface area (Å²) in [5, 5.41) is 10.5. The fourth-order valence-corrected chi connectivity index (χ4v) is 4.38. The number of ether oxygens (including phenoxy) is 5. The number of hydrogen-bond donors (Lipinski definition) is 2. The predicted molar refractivity (Wildman–Crippen MR) is 96.3 cm³/mol. The van der Waals surface area contributed by atoms with E-state index in [4.69, 9.17) is 52.6 Å². The van der Waals surface area contributed by atoms with Crippen molar-refractivity contribution >= 4 is 29.2 Å². The van der Waals surface area contributed by atoms with Gasteiger partial charge in [-0.2, -0.15) is 0 Å². The second-order valence-electron chi connectivity index (χ2n) is 7.53. The van der Waals surface area contributed by atoms with Gasteiger partial charge in [-0.05, 0) is 20.8 Å². The molecule has 3 rings (SSSR count). The fraction of sp³-hybridized carbons (Fsp3) is 0.824. The van der Waals surface area contributed by atoms with Gasteiger partial charge in [-0.25, -0.2) is 4.79 Å². The van der Waals surface area contributed by atoms with Gasteiger partial charge in [-0.1, -0.05) is 0 Å². The maximum absolute atomic E-state index is 12.6. The first-order valence-corrected chi connectivity index (χ1v) is 9.46. The Hall–Kier alpha value is -0.610. The summed E-state index contributed by atoms with van der Waals surface area (Å²) < 4.78 is 28.8. The number of aliphatic hydroxyl groups excluding tert-OH is 1. The zero-order valence-corrected chi connectivity index (χ0v) is 17.3. The summed E-state index contributed by atoms with van der Waals surface area (Å²) in [6.45, 7) is 4.90. The van der Waals surface area contributed by atoms with Crippen LogP contribution in [0.2, 0.25) is 0 Å². The molecule has 154 valence electrons. The Balaban J connectivity index is 2.08. The number of carbonyl (C=O) groups is 1. The number of cyclic esters (lactones) is 1. The van der Waals surface area contributed by atoms with Crippen LogP contribution in [-0.2, 0) is 28.5 Å². The molecule has 0 amide bonds. The first kappa shape index (κ1) is 21.1. The Bertz CT molecular complexity index is 674. The molecule has 2 saturated heterocycles. The molecular weight excluding hydrogens is 401 g/mol. The summed E-state index contributed by atoms with van der Waals surface area (Å²) in [7, 11) is 2.93. The standard InChI is InChI=1S/C17H25Cl2NO7/c1-15(14(18)19)12(20)10-9(13(22)27-15)7(21)6-8-11(10)26-17(3,24-5)16(2,23-4)25-8/h8,10-12,14,21H,6,20H2,1-5H3/t8-,10+,11+,12-,15+,16+,17+/m1/s1. The number of aliphatic hydroxyl groups is 1. The van der Waals surface area contributed by atoms with Gasteiger partial charge in [-0.15, -0.1) is 23.2 Å². The molecule has 7 atom stereocenters. The molecule has 0 aromatic heterocycles. The monoisotopic (exact) mass is 425 g/mol. The number of nitrogens with two attached hydrogens (primary N) is 1. The number of fused-ring (bicyclic) bond motifs is 3. The maximum atomic E-state index is 12.6. The summed E-state index contributed by atoms with van der Waals surface area (Å²) in [5.41, 5.74) is 5.12. The van der Waals surface area contributed by atoms with Crippen molar-refractivity contribution in [3.05, 3.63) is 11.3 Å². The van der Waals surface area contributed by atoms with Gasteiger partial charge >= 0.3 is 5.97 Å². The highest BCUT2D eigenvalue weighted by molar-refractivity contribution is 6.45. The second kappa shape index (κ2) is 6.73. The van der Waals surface area contributed by atoms with Crippen LogP contribution in [0, 0.1) is 5.92 Å². The van der Waals surface area contributed by atoms with E-state index in [0.29, 0.717) is 0 Å². The molecule has 0 bridgehead atoms. The molecule has 1 aliphatic carbocycles. The highest BCUT2D eigenvalue weighted by Gasteiger charge is 2.64. The Morgan fingerprint density at radius 2 is 1.74 bits per heavy atom. The molecule has 0 saturated carbocycles. The normalized spacial score (nSPS) is 47.5. The molecule has 0 radical (unpaired) electrons. The molecule has 27 heavy (non-hydrogen) atoms. The third-order valence-electron chi connectivity index (χ3n) is 6.11. The first-order valence-electron chi connectivity index (χ1n) is 8.59. The van der Waals surface area contributed by atoms with E-state index in [0.717, 1.165) is 0 Å². The lowest BCUT2D eigenvalue weighted by molar-refractivity contribution is -0.453. The number of methoxy groups -OCH3 is 2. The average Bonchev–Trinajstić information content (AvgIpc) is 2.60. The summed E-state index contributed by atoms with van der Waals surface area (Å²) >= 11 is 12.1. The van der Waals surface area contributed by atoms with Crippen molar-refractivity contribution < 1.29 is 33.6 Å². The van der Waals surface area contributed by atoms with E-state index in [9.17, 15) is 9.90 Å². The van der Waals surface area contributed by atoms with Gasteiger partial charge in [0.2, 0.25) is 11.6 Å². The van der Waals surface area contributed by atoms with Crippen molar-refractivity contribution in [3.8, 4) is 0 Å². The highest BCUT2D eigenvalue weighted by atomic mass is 35.5. The molecule has 10 heteroatoms. The van der Waals surface area contributed by atoms with E-state index in [2.05, 4.69) is 0 Å². The van der Waals surface area contributed by atoms with Crippen LogP contribution < -0.4 is 5.73 Å². The first-order chi connectivity index (χ1) is 12.4. The van der Waals surface area contributed by atoms with Crippen LogP contribution in [0.5, 0.6) is 0 Å². The summed E-state index contributed by atoms with van der Waals surface area (Å²) in [4.78, 5) is 11.5. The van der Waals surface area contributed by atoms with Crippen molar-refractivity contribution in [3.63, 3.8) is 0 Å². The third-order valence-corrected chi connectivity index (χ3v) is 6.98. The van der Waals surface area contributed by atoms with E-state index in [1.54, 1.807) is 20.8 Å². The number of halogens is 2. The van der Waals surface area contributed by atoms with Crippen LogP contribution in [0.4, 0.5) is 0 Å². The number of carbonyl (C=O) groups excluding carboxylic acids is 1. The minimum absolute atomic E-state index is 0.0406. The number of alkyl halides is 2. The Labute approximate surface area is 167 Å². The lowest BCUT2D eigenvalue weighted by Gasteiger charge is -2.57. The lowest BCUT2D eigenvalue weighted by atomic mass is 9.70. The quantitative estimate of drug-likeness (QED) is 0.519. The van der Waals surface area contributed by atoms with Crippen LogP contribution in [0.25, 0.3) is 0 Å². The Kier molecular flexibility index (Phi) is 5.26. The van der Waals surface area contributed by atoms with Crippen molar-refractivity contribution in [2.75, 3.05) is 14.2 Å². The molecule has 3 N–H and O–H groups in total. The maximum Gasteiger partial charge on any atom is 0.338 e. The Morgan fingerprint density at radius 3 is 2.26 bits per heavy atom. The summed E-state index contributed by atoms with van der Waals surface area (Å²) in [6, 6.07) is -0.850. The number of rotatable bonds is 3. The molecule has 0 aromatic carbocycles. The largest absolute Gasteiger partial charge is 0.512 e. The van der Waals surface area contributed by atoms with Gasteiger partial charge in [0.15, 0.2) is 5.60 Å². The highest BCUT2D eigenvalue weighted by Crippen LogP contribution is 2.50. The van der Waals surface area contributed by atoms with E-state index < -0.39 is 52.1 Å². The van der Waals surface area contributed by atoms with Crippen LogP contribution in [-0.4, -0.2) is 65.6 Å². The topological polar surface area (TPSA) is 109 Å². The van der Waals surface area contributed by atoms with Crippen LogP contribution >= 0.6 is 23.2 Å². The number of hydrogen-bond acceptors (Lipinski definition) is 8.